The highest BCUT2D eigenvalue weighted by atomic mass is 19.3. The van der Waals surface area contributed by atoms with Crippen LogP contribution in [0.1, 0.15) is 12.6 Å². The molecule has 0 bridgehead atoms. The first-order valence-electron chi connectivity index (χ1n) is 4.58. The minimum Gasteiger partial charge on any atom is -0.495 e. The lowest BCUT2D eigenvalue weighted by Crippen LogP contribution is -2.29. The fourth-order valence-electron chi connectivity index (χ4n) is 1.11. The maximum Gasteiger partial charge on any atom is 0.388 e. The van der Waals surface area contributed by atoms with E-state index in [2.05, 4.69) is 9.72 Å². The van der Waals surface area contributed by atoms with Crippen LogP contribution in [0.2, 0.25) is 0 Å². The molecule has 0 atom stereocenters. The van der Waals surface area contributed by atoms with Crippen molar-refractivity contribution in [3.05, 3.63) is 24.0 Å². The zero-order chi connectivity index (χ0) is 12.2. The molecular formula is C10H11F2NO3. The molecule has 0 radical (unpaired) electrons. The number of ether oxygens (including phenoxy) is 2. The molecule has 0 saturated heterocycles. The number of halogens is 2. The molecule has 0 aliphatic heterocycles. The molecule has 0 amide bonds. The molecule has 4 nitrogen and oxygen atoms in total. The summed E-state index contributed by atoms with van der Waals surface area (Å²) in [4.78, 5) is 14.5. The molecular weight excluding hydrogens is 220 g/mol. The molecule has 16 heavy (non-hydrogen) atoms. The Morgan fingerprint density at radius 2 is 2.25 bits per heavy atom. The van der Waals surface area contributed by atoms with Crippen LogP contribution in [0.4, 0.5) is 8.78 Å². The lowest BCUT2D eigenvalue weighted by molar-refractivity contribution is -0.173. The fraction of sp³-hybridized carbons (Fsp3) is 0.400. The Hall–Kier alpha value is -1.72. The smallest absolute Gasteiger partial charge is 0.388 e. The Morgan fingerprint density at radius 1 is 1.56 bits per heavy atom. The van der Waals surface area contributed by atoms with Gasteiger partial charge in [-0.2, -0.15) is 8.78 Å². The van der Waals surface area contributed by atoms with Crippen molar-refractivity contribution in [2.45, 2.75) is 12.8 Å². The van der Waals surface area contributed by atoms with Gasteiger partial charge in [0.2, 0.25) is 0 Å². The van der Waals surface area contributed by atoms with Gasteiger partial charge in [0.05, 0.1) is 13.7 Å². The second-order valence-electron chi connectivity index (χ2n) is 2.85. The number of rotatable bonds is 4. The number of hydrogen-bond donors (Lipinski definition) is 0. The lowest BCUT2D eigenvalue weighted by Gasteiger charge is -2.16. The largest absolute Gasteiger partial charge is 0.495 e. The Morgan fingerprint density at radius 3 is 2.81 bits per heavy atom. The molecule has 88 valence electrons. The molecule has 6 heteroatoms. The van der Waals surface area contributed by atoms with Crippen molar-refractivity contribution < 1.29 is 23.0 Å². The third-order valence-electron chi connectivity index (χ3n) is 1.82. The van der Waals surface area contributed by atoms with E-state index < -0.39 is 17.6 Å². The van der Waals surface area contributed by atoms with Gasteiger partial charge in [-0.05, 0) is 19.1 Å². The maximum absolute atomic E-state index is 13.6. The van der Waals surface area contributed by atoms with Crippen molar-refractivity contribution in [3.8, 4) is 5.75 Å². The second-order valence-corrected chi connectivity index (χ2v) is 2.85. The van der Waals surface area contributed by atoms with Crippen molar-refractivity contribution in [3.63, 3.8) is 0 Å². The van der Waals surface area contributed by atoms with Crippen LogP contribution in [0, 0.1) is 0 Å². The van der Waals surface area contributed by atoms with E-state index in [9.17, 15) is 13.6 Å². The van der Waals surface area contributed by atoms with Crippen LogP contribution in [0.15, 0.2) is 18.3 Å². The van der Waals surface area contributed by atoms with Gasteiger partial charge in [0.25, 0.3) is 0 Å². The summed E-state index contributed by atoms with van der Waals surface area (Å²) in [5.74, 6) is -5.59. The van der Waals surface area contributed by atoms with Crippen molar-refractivity contribution in [1.29, 1.82) is 0 Å². The molecule has 1 rings (SSSR count). The lowest BCUT2D eigenvalue weighted by atomic mass is 10.2. The number of hydrogen-bond acceptors (Lipinski definition) is 4. The highest BCUT2D eigenvalue weighted by Gasteiger charge is 2.46. The van der Waals surface area contributed by atoms with Gasteiger partial charge >= 0.3 is 11.9 Å². The van der Waals surface area contributed by atoms with Crippen molar-refractivity contribution >= 4 is 5.97 Å². The first-order valence-corrected chi connectivity index (χ1v) is 4.58. The highest BCUT2D eigenvalue weighted by Crippen LogP contribution is 2.33. The normalized spacial score (nSPS) is 11.0. The van der Waals surface area contributed by atoms with E-state index >= 15 is 0 Å². The third-order valence-corrected chi connectivity index (χ3v) is 1.82. The summed E-state index contributed by atoms with van der Waals surface area (Å²) < 4.78 is 36.1. The van der Waals surface area contributed by atoms with Crippen LogP contribution in [0.25, 0.3) is 0 Å². The molecule has 1 aromatic heterocycles. The van der Waals surface area contributed by atoms with E-state index in [1.165, 1.54) is 26.2 Å². The Labute approximate surface area is 91.2 Å². The van der Waals surface area contributed by atoms with Gasteiger partial charge in [0.15, 0.2) is 5.69 Å². The van der Waals surface area contributed by atoms with E-state index in [4.69, 9.17) is 4.74 Å². The number of pyridine rings is 1. The Kier molecular flexibility index (Phi) is 3.76. The predicted octanol–water partition coefficient (Wildman–Crippen LogP) is 1.75. The molecule has 1 aromatic rings. The van der Waals surface area contributed by atoms with Gasteiger partial charge in [-0.25, -0.2) is 4.79 Å². The SMILES string of the molecule is CCOC(=O)C(F)(F)c1ncccc1OC. The zero-order valence-corrected chi connectivity index (χ0v) is 8.87. The molecule has 0 N–H and O–H groups in total. The van der Waals surface area contributed by atoms with E-state index in [1.54, 1.807) is 0 Å². The first kappa shape index (κ1) is 12.4. The number of methoxy groups -OCH3 is 1. The summed E-state index contributed by atoms with van der Waals surface area (Å²) in [5, 5.41) is 0. The molecule has 0 fully saturated rings. The molecule has 0 aromatic carbocycles. The van der Waals surface area contributed by atoms with Crippen LogP contribution in [0.5, 0.6) is 5.75 Å². The van der Waals surface area contributed by atoms with Gasteiger partial charge in [-0.3, -0.25) is 4.98 Å². The van der Waals surface area contributed by atoms with Crippen LogP contribution < -0.4 is 4.74 Å². The van der Waals surface area contributed by atoms with Crippen LogP contribution >= 0.6 is 0 Å². The fourth-order valence-corrected chi connectivity index (χ4v) is 1.11. The monoisotopic (exact) mass is 231 g/mol. The van der Waals surface area contributed by atoms with Gasteiger partial charge in [-0.15, -0.1) is 0 Å². The standard InChI is InChI=1S/C10H11F2NO3/c1-3-16-9(14)10(11,12)8-7(15-2)5-4-6-13-8/h4-6H,3H2,1-2H3. The van der Waals surface area contributed by atoms with E-state index in [1.807, 2.05) is 0 Å². The quantitative estimate of drug-likeness (QED) is 0.740. The Bertz CT molecular complexity index is 382. The van der Waals surface area contributed by atoms with E-state index in [0.29, 0.717) is 0 Å². The molecule has 0 unspecified atom stereocenters. The van der Waals surface area contributed by atoms with E-state index in [-0.39, 0.29) is 12.4 Å². The average Bonchev–Trinajstić information content (AvgIpc) is 2.29. The minimum absolute atomic E-state index is 0.121. The predicted molar refractivity (Wildman–Crippen MR) is 51.3 cm³/mol. The number of carbonyl (C=O) groups is 1. The zero-order valence-electron chi connectivity index (χ0n) is 8.87. The highest BCUT2D eigenvalue weighted by molar-refractivity contribution is 5.79. The Balaban J connectivity index is 3.10. The van der Waals surface area contributed by atoms with Gasteiger partial charge in [0.1, 0.15) is 5.75 Å². The number of carbonyl (C=O) groups excluding carboxylic acids is 1. The third kappa shape index (κ3) is 2.26. The second kappa shape index (κ2) is 4.87. The average molecular weight is 231 g/mol. The van der Waals surface area contributed by atoms with Crippen molar-refractivity contribution in [2.24, 2.45) is 0 Å². The minimum atomic E-state index is -3.80. The molecule has 0 aliphatic carbocycles. The summed E-state index contributed by atoms with van der Waals surface area (Å²) in [5.41, 5.74) is -0.740. The summed E-state index contributed by atoms with van der Waals surface area (Å²) in [6.07, 6.45) is 1.16. The van der Waals surface area contributed by atoms with Crippen LogP contribution in [-0.4, -0.2) is 24.7 Å². The van der Waals surface area contributed by atoms with Gasteiger partial charge in [0, 0.05) is 6.20 Å². The molecule has 1 heterocycles. The van der Waals surface area contributed by atoms with Crippen molar-refractivity contribution in [1.82, 2.24) is 4.98 Å². The van der Waals surface area contributed by atoms with Gasteiger partial charge in [-0.1, -0.05) is 0 Å². The summed E-state index contributed by atoms with van der Waals surface area (Å²) >= 11 is 0. The van der Waals surface area contributed by atoms with Gasteiger partial charge < -0.3 is 9.47 Å². The summed E-state index contributed by atoms with van der Waals surface area (Å²) in [7, 11) is 1.22. The number of esters is 1. The molecule has 0 saturated carbocycles. The van der Waals surface area contributed by atoms with Crippen LogP contribution in [0.3, 0.4) is 0 Å². The van der Waals surface area contributed by atoms with E-state index in [0.717, 1.165) is 6.20 Å². The number of alkyl halides is 2. The summed E-state index contributed by atoms with van der Waals surface area (Å²) in [6, 6.07) is 2.74. The summed E-state index contributed by atoms with van der Waals surface area (Å²) in [6.45, 7) is 1.33. The molecule has 0 aliphatic rings. The maximum atomic E-state index is 13.6. The van der Waals surface area contributed by atoms with Crippen LogP contribution in [-0.2, 0) is 15.5 Å². The number of aromatic nitrogens is 1. The molecule has 0 spiro atoms. The number of nitrogens with zero attached hydrogens (tertiary/aromatic N) is 1. The first-order chi connectivity index (χ1) is 7.54. The topological polar surface area (TPSA) is 48.4 Å². The van der Waals surface area contributed by atoms with Crippen molar-refractivity contribution in [2.75, 3.05) is 13.7 Å².